The number of fused-ring (bicyclic) bond motifs is 1. The molecule has 1 saturated carbocycles. The lowest BCUT2D eigenvalue weighted by molar-refractivity contribution is -0.141. The standard InChI is InChI=1S/C16H20N4O2/c1-12(21)22-19-14(17)11-16(7-2-3-8-16)20-10-6-13-5-4-9-18-15(13)20/h4-6,9-10H,2-3,7-8,11H2,1H3,(H2,17,19). The number of pyridine rings is 1. The average Bonchev–Trinajstić information content (AvgIpc) is 3.12. The minimum absolute atomic E-state index is 0.135. The fraction of sp³-hybridized carbons (Fsp3) is 0.438. The molecule has 2 aromatic heterocycles. The van der Waals surface area contributed by atoms with Gasteiger partial charge in [0.2, 0.25) is 0 Å². The van der Waals surface area contributed by atoms with Crippen LogP contribution in [0.1, 0.15) is 39.0 Å². The van der Waals surface area contributed by atoms with Gasteiger partial charge in [0, 0.05) is 31.1 Å². The third-order valence-electron chi connectivity index (χ3n) is 4.30. The first kappa shape index (κ1) is 14.6. The first-order chi connectivity index (χ1) is 10.6. The number of nitrogens with zero attached hydrogens (tertiary/aromatic N) is 3. The molecule has 0 saturated heterocycles. The topological polar surface area (TPSA) is 82.5 Å². The molecule has 1 fully saturated rings. The lowest BCUT2D eigenvalue weighted by atomic mass is 9.92. The van der Waals surface area contributed by atoms with Crippen LogP contribution in [0.15, 0.2) is 35.7 Å². The van der Waals surface area contributed by atoms with E-state index in [1.165, 1.54) is 6.92 Å². The molecule has 0 bridgehead atoms. The van der Waals surface area contributed by atoms with Crippen LogP contribution in [0.25, 0.3) is 11.0 Å². The Bertz CT molecular complexity index is 714. The van der Waals surface area contributed by atoms with E-state index in [1.54, 1.807) is 6.20 Å². The maximum Gasteiger partial charge on any atom is 0.332 e. The number of amidine groups is 1. The Kier molecular flexibility index (Phi) is 3.83. The Balaban J connectivity index is 1.95. The Morgan fingerprint density at radius 2 is 2.23 bits per heavy atom. The smallest absolute Gasteiger partial charge is 0.332 e. The zero-order chi connectivity index (χ0) is 15.6. The monoisotopic (exact) mass is 300 g/mol. The molecular weight excluding hydrogens is 280 g/mol. The number of oxime groups is 1. The summed E-state index contributed by atoms with van der Waals surface area (Å²) in [5, 5.41) is 4.85. The Labute approximate surface area is 128 Å². The van der Waals surface area contributed by atoms with Gasteiger partial charge >= 0.3 is 5.97 Å². The van der Waals surface area contributed by atoms with Crippen molar-refractivity contribution < 1.29 is 9.63 Å². The van der Waals surface area contributed by atoms with Crippen molar-refractivity contribution in [3.63, 3.8) is 0 Å². The minimum atomic E-state index is -0.462. The molecule has 0 unspecified atom stereocenters. The Morgan fingerprint density at radius 3 is 2.95 bits per heavy atom. The van der Waals surface area contributed by atoms with Crippen LogP contribution in [0.3, 0.4) is 0 Å². The fourth-order valence-electron chi connectivity index (χ4n) is 3.38. The summed E-state index contributed by atoms with van der Waals surface area (Å²) in [6.45, 7) is 1.31. The third-order valence-corrected chi connectivity index (χ3v) is 4.30. The van der Waals surface area contributed by atoms with E-state index in [0.717, 1.165) is 36.7 Å². The van der Waals surface area contributed by atoms with E-state index in [4.69, 9.17) is 5.73 Å². The van der Waals surface area contributed by atoms with Gasteiger partial charge in [0.15, 0.2) is 0 Å². The molecule has 2 N–H and O–H groups in total. The highest BCUT2D eigenvalue weighted by Crippen LogP contribution is 2.41. The molecule has 6 heteroatoms. The van der Waals surface area contributed by atoms with Crippen LogP contribution in [0.4, 0.5) is 0 Å². The number of aromatic nitrogens is 2. The largest absolute Gasteiger partial charge is 0.384 e. The SMILES string of the molecule is CC(=O)ON=C(N)CC1(n2ccc3cccnc32)CCCC1. The van der Waals surface area contributed by atoms with Crippen molar-refractivity contribution in [3.05, 3.63) is 30.6 Å². The molecule has 22 heavy (non-hydrogen) atoms. The van der Waals surface area contributed by atoms with Crippen molar-refractivity contribution in [2.45, 2.75) is 44.6 Å². The summed E-state index contributed by atoms with van der Waals surface area (Å²) in [7, 11) is 0. The highest BCUT2D eigenvalue weighted by Gasteiger charge is 2.37. The molecular formula is C16H20N4O2. The van der Waals surface area contributed by atoms with Crippen molar-refractivity contribution in [3.8, 4) is 0 Å². The molecule has 0 amide bonds. The van der Waals surface area contributed by atoms with Crippen LogP contribution in [0.5, 0.6) is 0 Å². The molecule has 6 nitrogen and oxygen atoms in total. The van der Waals surface area contributed by atoms with Crippen LogP contribution in [-0.2, 0) is 15.2 Å². The summed E-state index contributed by atoms with van der Waals surface area (Å²) in [5.41, 5.74) is 6.80. The van der Waals surface area contributed by atoms with E-state index in [-0.39, 0.29) is 5.54 Å². The maximum atomic E-state index is 10.9. The zero-order valence-corrected chi connectivity index (χ0v) is 12.7. The lowest BCUT2D eigenvalue weighted by Gasteiger charge is -2.31. The first-order valence-corrected chi connectivity index (χ1v) is 7.53. The predicted octanol–water partition coefficient (Wildman–Crippen LogP) is 2.53. The summed E-state index contributed by atoms with van der Waals surface area (Å²) in [6.07, 6.45) is 8.76. The third kappa shape index (κ3) is 2.68. The molecule has 0 aromatic carbocycles. The predicted molar refractivity (Wildman–Crippen MR) is 84.2 cm³/mol. The number of hydrogen-bond acceptors (Lipinski definition) is 4. The minimum Gasteiger partial charge on any atom is -0.384 e. The van der Waals surface area contributed by atoms with Gasteiger partial charge < -0.3 is 15.1 Å². The van der Waals surface area contributed by atoms with Crippen LogP contribution < -0.4 is 5.73 Å². The van der Waals surface area contributed by atoms with Gasteiger partial charge in [0.05, 0.1) is 5.54 Å². The average molecular weight is 300 g/mol. The van der Waals surface area contributed by atoms with Crippen LogP contribution >= 0.6 is 0 Å². The van der Waals surface area contributed by atoms with E-state index < -0.39 is 5.97 Å². The maximum absolute atomic E-state index is 10.9. The van der Waals surface area contributed by atoms with Crippen molar-refractivity contribution in [2.24, 2.45) is 10.9 Å². The van der Waals surface area contributed by atoms with Crippen LogP contribution in [-0.4, -0.2) is 21.4 Å². The summed E-state index contributed by atoms with van der Waals surface area (Å²) < 4.78 is 2.21. The highest BCUT2D eigenvalue weighted by molar-refractivity contribution is 5.82. The van der Waals surface area contributed by atoms with Gasteiger partial charge in [-0.15, -0.1) is 0 Å². The molecule has 2 aromatic rings. The lowest BCUT2D eigenvalue weighted by Crippen LogP contribution is -2.35. The second-order valence-electron chi connectivity index (χ2n) is 5.88. The van der Waals surface area contributed by atoms with E-state index in [9.17, 15) is 4.79 Å². The van der Waals surface area contributed by atoms with Crippen molar-refractivity contribution in [2.75, 3.05) is 0 Å². The summed E-state index contributed by atoms with van der Waals surface area (Å²) >= 11 is 0. The van der Waals surface area contributed by atoms with Crippen molar-refractivity contribution >= 4 is 22.8 Å². The summed E-state index contributed by atoms with van der Waals surface area (Å²) in [5.74, 6) is -0.119. The van der Waals surface area contributed by atoms with Crippen molar-refractivity contribution in [1.29, 1.82) is 0 Å². The fourth-order valence-corrected chi connectivity index (χ4v) is 3.38. The van der Waals surface area contributed by atoms with E-state index in [0.29, 0.717) is 12.3 Å². The number of rotatable bonds is 4. The summed E-state index contributed by atoms with van der Waals surface area (Å²) in [4.78, 5) is 20.0. The number of hydrogen-bond donors (Lipinski definition) is 1. The van der Waals surface area contributed by atoms with Gasteiger partial charge in [-0.05, 0) is 31.0 Å². The number of nitrogens with two attached hydrogens (primary N) is 1. The Hall–Kier alpha value is -2.37. The number of carbonyl (C=O) groups is 1. The van der Waals surface area contributed by atoms with Crippen LogP contribution in [0, 0.1) is 0 Å². The van der Waals surface area contributed by atoms with Gasteiger partial charge in [-0.25, -0.2) is 9.78 Å². The molecule has 0 spiro atoms. The quantitative estimate of drug-likeness (QED) is 0.407. The van der Waals surface area contributed by atoms with Gasteiger partial charge in [0.25, 0.3) is 0 Å². The molecule has 116 valence electrons. The van der Waals surface area contributed by atoms with Gasteiger partial charge in [-0.3, -0.25) is 0 Å². The summed E-state index contributed by atoms with van der Waals surface area (Å²) in [6, 6.07) is 6.06. The Morgan fingerprint density at radius 1 is 1.45 bits per heavy atom. The van der Waals surface area contributed by atoms with E-state index >= 15 is 0 Å². The highest BCUT2D eigenvalue weighted by atomic mass is 16.7. The second kappa shape index (κ2) is 5.79. The first-order valence-electron chi connectivity index (χ1n) is 7.53. The molecule has 0 radical (unpaired) electrons. The normalized spacial score (nSPS) is 17.8. The molecule has 1 aliphatic carbocycles. The van der Waals surface area contributed by atoms with Gasteiger partial charge in [-0.1, -0.05) is 18.0 Å². The van der Waals surface area contributed by atoms with Gasteiger partial charge in [-0.2, -0.15) is 0 Å². The molecule has 0 aliphatic heterocycles. The molecule has 3 rings (SSSR count). The van der Waals surface area contributed by atoms with E-state index in [2.05, 4.69) is 37.9 Å². The molecule has 0 atom stereocenters. The van der Waals surface area contributed by atoms with E-state index in [1.807, 2.05) is 6.07 Å². The van der Waals surface area contributed by atoms with Crippen LogP contribution in [0.2, 0.25) is 0 Å². The second-order valence-corrected chi connectivity index (χ2v) is 5.88. The van der Waals surface area contributed by atoms with Gasteiger partial charge in [0.1, 0.15) is 11.5 Å². The molecule has 2 heterocycles. The zero-order valence-electron chi connectivity index (χ0n) is 12.7. The molecule has 1 aliphatic rings. The van der Waals surface area contributed by atoms with Crippen molar-refractivity contribution in [1.82, 2.24) is 9.55 Å². The number of carbonyl (C=O) groups excluding carboxylic acids is 1.